The van der Waals surface area contributed by atoms with Gasteiger partial charge in [-0.3, -0.25) is 14.5 Å². The van der Waals surface area contributed by atoms with E-state index < -0.39 is 0 Å². The summed E-state index contributed by atoms with van der Waals surface area (Å²) in [6.45, 7) is 1.12. The molecule has 0 saturated carbocycles. The van der Waals surface area contributed by atoms with E-state index in [-0.39, 0.29) is 24.4 Å². The predicted molar refractivity (Wildman–Crippen MR) is 116 cm³/mol. The van der Waals surface area contributed by atoms with Crippen molar-refractivity contribution >= 4 is 17.5 Å². The van der Waals surface area contributed by atoms with Crippen molar-refractivity contribution in [3.63, 3.8) is 0 Å². The van der Waals surface area contributed by atoms with Gasteiger partial charge in [-0.2, -0.15) is 0 Å². The Hall–Kier alpha value is -3.06. The lowest BCUT2D eigenvalue weighted by atomic mass is 10.0. The molecule has 0 radical (unpaired) electrons. The summed E-state index contributed by atoms with van der Waals surface area (Å²) >= 11 is 0. The Labute approximate surface area is 177 Å². The second-order valence-electron chi connectivity index (χ2n) is 7.56. The number of carbonyl (C=O) groups is 2. The zero-order valence-corrected chi connectivity index (χ0v) is 18.0. The fourth-order valence-electron chi connectivity index (χ4n) is 3.81. The van der Waals surface area contributed by atoms with Crippen LogP contribution in [0.5, 0.6) is 11.5 Å². The van der Waals surface area contributed by atoms with Gasteiger partial charge in [0.15, 0.2) is 0 Å². The lowest BCUT2D eigenvalue weighted by Gasteiger charge is -2.26. The monoisotopic (exact) mass is 411 g/mol. The Morgan fingerprint density at radius 2 is 1.83 bits per heavy atom. The zero-order chi connectivity index (χ0) is 21.7. The van der Waals surface area contributed by atoms with E-state index in [9.17, 15) is 9.59 Å². The maximum Gasteiger partial charge on any atom is 0.253 e. The van der Waals surface area contributed by atoms with Gasteiger partial charge in [-0.1, -0.05) is 0 Å². The highest BCUT2D eigenvalue weighted by Gasteiger charge is 2.30. The standard InChI is InChI=1S/C23H29N3O4/c1-25(2)23(28)16-7-9-17(10-8-16)24-22(27)15-26-13-5-6-20(26)19-14-18(29-3)11-12-21(19)30-4/h7-12,14,20H,5-6,13,15H2,1-4H3,(H,24,27)/t20-/m1/s1. The molecular weight excluding hydrogens is 382 g/mol. The normalized spacial score (nSPS) is 16.2. The Balaban J connectivity index is 1.67. The van der Waals surface area contributed by atoms with Gasteiger partial charge in [0.1, 0.15) is 11.5 Å². The number of benzene rings is 2. The van der Waals surface area contributed by atoms with Crippen LogP contribution in [-0.2, 0) is 4.79 Å². The van der Waals surface area contributed by atoms with Crippen LogP contribution in [-0.4, -0.2) is 63.0 Å². The number of carbonyl (C=O) groups excluding carboxylic acids is 2. The number of nitrogens with one attached hydrogen (secondary N) is 1. The predicted octanol–water partition coefficient (Wildman–Crippen LogP) is 3.18. The lowest BCUT2D eigenvalue weighted by molar-refractivity contribution is -0.117. The van der Waals surface area contributed by atoms with Gasteiger partial charge in [-0.25, -0.2) is 0 Å². The Kier molecular flexibility index (Phi) is 6.95. The van der Waals surface area contributed by atoms with E-state index in [4.69, 9.17) is 9.47 Å². The first-order valence-corrected chi connectivity index (χ1v) is 10.0. The Morgan fingerprint density at radius 1 is 1.10 bits per heavy atom. The number of likely N-dealkylation sites (tertiary alicyclic amines) is 1. The SMILES string of the molecule is COc1ccc(OC)c([C@H]2CCCN2CC(=O)Nc2ccc(C(=O)N(C)C)cc2)c1. The van der Waals surface area contributed by atoms with Crippen LogP contribution in [0.25, 0.3) is 0 Å². The van der Waals surface area contributed by atoms with Gasteiger partial charge in [-0.05, 0) is 61.9 Å². The second kappa shape index (κ2) is 9.63. The summed E-state index contributed by atoms with van der Waals surface area (Å²) in [4.78, 5) is 28.3. The molecule has 7 nitrogen and oxygen atoms in total. The average molecular weight is 412 g/mol. The summed E-state index contributed by atoms with van der Waals surface area (Å²) in [5, 5.41) is 2.93. The maximum absolute atomic E-state index is 12.7. The average Bonchev–Trinajstić information content (AvgIpc) is 3.20. The number of amides is 2. The van der Waals surface area contributed by atoms with Crippen LogP contribution in [0.1, 0.15) is 34.8 Å². The fourth-order valence-corrected chi connectivity index (χ4v) is 3.81. The molecule has 7 heteroatoms. The Morgan fingerprint density at radius 3 is 2.47 bits per heavy atom. The smallest absolute Gasteiger partial charge is 0.253 e. The summed E-state index contributed by atoms with van der Waals surface area (Å²) in [5.74, 6) is 1.42. The van der Waals surface area contributed by atoms with Crippen LogP contribution < -0.4 is 14.8 Å². The quantitative estimate of drug-likeness (QED) is 0.758. The largest absolute Gasteiger partial charge is 0.497 e. The minimum atomic E-state index is -0.0875. The molecule has 2 aromatic rings. The molecule has 2 amide bonds. The molecule has 0 aromatic heterocycles. The van der Waals surface area contributed by atoms with E-state index in [2.05, 4.69) is 10.2 Å². The van der Waals surface area contributed by atoms with Crippen molar-refractivity contribution in [3.8, 4) is 11.5 Å². The van der Waals surface area contributed by atoms with Crippen molar-refractivity contribution in [3.05, 3.63) is 53.6 Å². The van der Waals surface area contributed by atoms with E-state index in [0.717, 1.165) is 36.4 Å². The highest BCUT2D eigenvalue weighted by molar-refractivity contribution is 5.96. The van der Waals surface area contributed by atoms with E-state index in [1.54, 1.807) is 52.6 Å². The molecule has 1 saturated heterocycles. The molecule has 1 aliphatic rings. The summed E-state index contributed by atoms with van der Waals surface area (Å²) in [5.41, 5.74) is 2.29. The van der Waals surface area contributed by atoms with Crippen LogP contribution in [0.15, 0.2) is 42.5 Å². The van der Waals surface area contributed by atoms with Crippen molar-refractivity contribution in [2.75, 3.05) is 46.7 Å². The first kappa shape index (κ1) is 21.6. The van der Waals surface area contributed by atoms with E-state index >= 15 is 0 Å². The van der Waals surface area contributed by atoms with Gasteiger partial charge in [0, 0.05) is 37.0 Å². The van der Waals surface area contributed by atoms with Crippen LogP contribution >= 0.6 is 0 Å². The first-order valence-electron chi connectivity index (χ1n) is 10.0. The number of anilines is 1. The van der Waals surface area contributed by atoms with Crippen LogP contribution in [0.2, 0.25) is 0 Å². The summed E-state index contributed by atoms with van der Waals surface area (Å²) in [7, 11) is 6.72. The topological polar surface area (TPSA) is 71.1 Å². The number of hydrogen-bond donors (Lipinski definition) is 1. The van der Waals surface area contributed by atoms with E-state index in [1.807, 2.05) is 18.2 Å². The number of ether oxygens (including phenoxy) is 2. The number of methoxy groups -OCH3 is 2. The summed E-state index contributed by atoms with van der Waals surface area (Å²) < 4.78 is 10.9. The van der Waals surface area contributed by atoms with Gasteiger partial charge in [0.05, 0.1) is 20.8 Å². The molecule has 3 rings (SSSR count). The van der Waals surface area contributed by atoms with Crippen LogP contribution in [0.3, 0.4) is 0 Å². The minimum Gasteiger partial charge on any atom is -0.497 e. The van der Waals surface area contributed by atoms with Gasteiger partial charge in [-0.15, -0.1) is 0 Å². The minimum absolute atomic E-state index is 0.0694. The number of rotatable bonds is 7. The van der Waals surface area contributed by atoms with Crippen LogP contribution in [0, 0.1) is 0 Å². The van der Waals surface area contributed by atoms with Crippen molar-refractivity contribution < 1.29 is 19.1 Å². The van der Waals surface area contributed by atoms with Crippen molar-refractivity contribution in [2.45, 2.75) is 18.9 Å². The summed E-state index contributed by atoms with van der Waals surface area (Å²) in [6, 6.07) is 12.8. The molecule has 1 fully saturated rings. The van der Waals surface area contributed by atoms with Crippen molar-refractivity contribution in [2.24, 2.45) is 0 Å². The molecule has 0 unspecified atom stereocenters. The molecule has 30 heavy (non-hydrogen) atoms. The fraction of sp³-hybridized carbons (Fsp3) is 0.391. The molecular formula is C23H29N3O4. The molecule has 1 heterocycles. The molecule has 0 bridgehead atoms. The van der Waals surface area contributed by atoms with E-state index in [1.165, 1.54) is 4.90 Å². The number of nitrogens with zero attached hydrogens (tertiary/aromatic N) is 2. The van der Waals surface area contributed by atoms with Crippen molar-refractivity contribution in [1.82, 2.24) is 9.80 Å². The second-order valence-corrected chi connectivity index (χ2v) is 7.56. The van der Waals surface area contributed by atoms with Gasteiger partial charge in [0.2, 0.25) is 5.91 Å². The number of hydrogen-bond acceptors (Lipinski definition) is 5. The molecule has 1 atom stereocenters. The zero-order valence-electron chi connectivity index (χ0n) is 18.0. The van der Waals surface area contributed by atoms with Crippen LogP contribution in [0.4, 0.5) is 5.69 Å². The molecule has 1 N–H and O–H groups in total. The third-order valence-electron chi connectivity index (χ3n) is 5.33. The molecule has 2 aromatic carbocycles. The first-order chi connectivity index (χ1) is 14.4. The third kappa shape index (κ3) is 4.91. The van der Waals surface area contributed by atoms with Crippen molar-refractivity contribution in [1.29, 1.82) is 0 Å². The summed E-state index contributed by atoms with van der Waals surface area (Å²) in [6.07, 6.45) is 1.97. The van der Waals surface area contributed by atoms with Gasteiger partial charge in [0.25, 0.3) is 5.91 Å². The molecule has 0 aliphatic carbocycles. The third-order valence-corrected chi connectivity index (χ3v) is 5.33. The Bertz CT molecular complexity index is 896. The maximum atomic E-state index is 12.7. The highest BCUT2D eigenvalue weighted by atomic mass is 16.5. The lowest BCUT2D eigenvalue weighted by Crippen LogP contribution is -2.33. The van der Waals surface area contributed by atoms with Gasteiger partial charge >= 0.3 is 0 Å². The molecule has 0 spiro atoms. The van der Waals surface area contributed by atoms with Gasteiger partial charge < -0.3 is 19.7 Å². The van der Waals surface area contributed by atoms with E-state index in [0.29, 0.717) is 11.3 Å². The molecule has 1 aliphatic heterocycles. The highest BCUT2D eigenvalue weighted by Crippen LogP contribution is 2.38. The molecule has 160 valence electrons.